The van der Waals surface area contributed by atoms with Crippen molar-refractivity contribution in [1.29, 1.82) is 0 Å². The molecular formula is C36H46F2N8O6S. The molecule has 2 aliphatic heterocycles. The Morgan fingerprint density at radius 1 is 1.06 bits per heavy atom. The molecule has 0 bridgehead atoms. The summed E-state index contributed by atoms with van der Waals surface area (Å²) in [5.74, 6) is -2.66. The van der Waals surface area contributed by atoms with Crippen molar-refractivity contribution < 1.29 is 37.4 Å². The molecule has 2 aromatic carbocycles. The maximum absolute atomic E-state index is 14.0. The van der Waals surface area contributed by atoms with Gasteiger partial charge < -0.3 is 36.5 Å². The number of Topliss-reactive ketones (excluding diaryl/α,β-unsaturated/α-hetero) is 1. The van der Waals surface area contributed by atoms with Crippen LogP contribution in [0.4, 0.5) is 13.6 Å². The Morgan fingerprint density at radius 3 is 2.68 bits per heavy atom. The molecule has 5 rings (SSSR count). The summed E-state index contributed by atoms with van der Waals surface area (Å²) in [6.07, 6.45) is 6.78. The minimum Gasteiger partial charge on any atom is -0.480 e. The molecule has 3 heterocycles. The summed E-state index contributed by atoms with van der Waals surface area (Å²) in [7, 11) is 0. The number of thioether (sulfide) groups is 1. The average molecular weight is 757 g/mol. The van der Waals surface area contributed by atoms with Crippen LogP contribution in [0.1, 0.15) is 61.0 Å². The van der Waals surface area contributed by atoms with Crippen LogP contribution in [-0.4, -0.2) is 101 Å². The zero-order valence-electron chi connectivity index (χ0n) is 29.4. The second kappa shape index (κ2) is 20.0. The quantitative estimate of drug-likeness (QED) is 0.0753. The highest BCUT2D eigenvalue weighted by Gasteiger charge is 2.42. The van der Waals surface area contributed by atoms with Crippen molar-refractivity contribution in [2.75, 3.05) is 38.7 Å². The number of benzene rings is 2. The van der Waals surface area contributed by atoms with E-state index in [1.165, 1.54) is 10.7 Å². The number of hydrogen-bond donors (Lipinski definition) is 5. The van der Waals surface area contributed by atoms with Gasteiger partial charge in [-0.15, -0.1) is 5.10 Å². The number of rotatable bonds is 22. The van der Waals surface area contributed by atoms with Gasteiger partial charge >= 0.3 is 6.03 Å². The average Bonchev–Trinajstić information content (AvgIpc) is 3.87. The van der Waals surface area contributed by atoms with Gasteiger partial charge in [0.1, 0.15) is 6.61 Å². The number of ketones is 1. The van der Waals surface area contributed by atoms with Crippen LogP contribution in [0.15, 0.2) is 48.7 Å². The lowest BCUT2D eigenvalue weighted by Gasteiger charge is -2.18. The Balaban J connectivity index is 1.00. The fourth-order valence-electron chi connectivity index (χ4n) is 6.15. The molecule has 2 aliphatic rings. The fourth-order valence-corrected chi connectivity index (χ4v) is 7.69. The first kappa shape index (κ1) is 39.6. The number of aromatic nitrogens is 3. The standard InChI is InChI=1S/C36H46F2N8O6S/c37-26-9-6-10-27(38)34(26)52-21-30(47)28(11-3-4-15-39)41-35(49)23-7-5-8-25(19-23)46-20-24(44-45-46)14-17-51-18-16-40-32(48)13-2-1-12-31-33-29(22-53-31)42-36(50)43-33/h5-10,19-20,28-29,31,33H,1-4,11-18,21-22,39H2,(H,40,48)(H,41,49)(H2,42,43,50)/t28-,29-,31-,33-/m0/s1. The van der Waals surface area contributed by atoms with Crippen LogP contribution < -0.4 is 31.7 Å². The number of halogens is 2. The molecule has 2 fully saturated rings. The first-order chi connectivity index (χ1) is 25.7. The van der Waals surface area contributed by atoms with Crippen LogP contribution in [0.5, 0.6) is 5.75 Å². The number of amides is 4. The van der Waals surface area contributed by atoms with E-state index in [-0.39, 0.29) is 36.0 Å². The van der Waals surface area contributed by atoms with Crippen LogP contribution in [0.25, 0.3) is 5.69 Å². The Labute approximate surface area is 310 Å². The van der Waals surface area contributed by atoms with E-state index < -0.39 is 41.7 Å². The number of ether oxygens (including phenoxy) is 2. The highest BCUT2D eigenvalue weighted by molar-refractivity contribution is 8.00. The molecule has 0 spiro atoms. The van der Waals surface area contributed by atoms with E-state index in [0.29, 0.717) is 68.6 Å². The minimum atomic E-state index is -0.963. The summed E-state index contributed by atoms with van der Waals surface area (Å²) in [4.78, 5) is 50.0. The minimum absolute atomic E-state index is 0.0144. The van der Waals surface area contributed by atoms with Gasteiger partial charge in [0.2, 0.25) is 5.91 Å². The van der Waals surface area contributed by atoms with Gasteiger partial charge in [-0.1, -0.05) is 23.8 Å². The van der Waals surface area contributed by atoms with Gasteiger partial charge in [-0.3, -0.25) is 14.4 Å². The predicted molar refractivity (Wildman–Crippen MR) is 194 cm³/mol. The molecule has 0 radical (unpaired) electrons. The fraction of sp³-hybridized carbons (Fsp3) is 0.500. The Morgan fingerprint density at radius 2 is 1.87 bits per heavy atom. The first-order valence-electron chi connectivity index (χ1n) is 17.9. The first-order valence-corrected chi connectivity index (χ1v) is 18.9. The molecule has 6 N–H and O–H groups in total. The summed E-state index contributed by atoms with van der Waals surface area (Å²) >= 11 is 1.87. The van der Waals surface area contributed by atoms with E-state index in [0.717, 1.165) is 37.1 Å². The lowest BCUT2D eigenvalue weighted by Crippen LogP contribution is -2.43. The highest BCUT2D eigenvalue weighted by Crippen LogP contribution is 2.33. The number of carbonyl (C=O) groups is 4. The van der Waals surface area contributed by atoms with Crippen molar-refractivity contribution in [2.24, 2.45) is 5.73 Å². The molecule has 1 aromatic heterocycles. The van der Waals surface area contributed by atoms with Crippen molar-refractivity contribution in [2.45, 2.75) is 74.7 Å². The third-order valence-corrected chi connectivity index (χ3v) is 10.5. The molecule has 0 aliphatic carbocycles. The number of para-hydroxylation sites is 1. The molecule has 3 aromatic rings. The number of nitrogens with one attached hydrogen (secondary N) is 4. The smallest absolute Gasteiger partial charge is 0.315 e. The molecule has 17 heteroatoms. The van der Waals surface area contributed by atoms with Crippen molar-refractivity contribution >= 4 is 35.4 Å². The largest absolute Gasteiger partial charge is 0.480 e. The Hall–Kier alpha value is -4.61. The van der Waals surface area contributed by atoms with Crippen LogP contribution in [0, 0.1) is 11.6 Å². The summed E-state index contributed by atoms with van der Waals surface area (Å²) in [6, 6.07) is 9.22. The molecule has 2 saturated heterocycles. The van der Waals surface area contributed by atoms with Gasteiger partial charge in [0.15, 0.2) is 23.2 Å². The Bertz CT molecular complexity index is 1690. The van der Waals surface area contributed by atoms with Gasteiger partial charge in [0, 0.05) is 36.0 Å². The topological polar surface area (TPSA) is 192 Å². The number of fused-ring (bicyclic) bond motifs is 1. The molecule has 0 saturated carbocycles. The van der Waals surface area contributed by atoms with E-state index >= 15 is 0 Å². The van der Waals surface area contributed by atoms with E-state index in [9.17, 15) is 28.0 Å². The van der Waals surface area contributed by atoms with Gasteiger partial charge in [-0.05, 0) is 69.0 Å². The molecule has 4 amide bonds. The molecule has 0 unspecified atom stereocenters. The number of unbranched alkanes of at least 4 members (excludes halogenated alkanes) is 2. The van der Waals surface area contributed by atoms with E-state index in [1.807, 2.05) is 11.8 Å². The zero-order chi connectivity index (χ0) is 37.6. The van der Waals surface area contributed by atoms with Crippen molar-refractivity contribution in [3.8, 4) is 11.4 Å². The summed E-state index contributed by atoms with van der Waals surface area (Å²) in [5.41, 5.74) is 7.10. The SMILES string of the molecule is NCCCC[C@H](NC(=O)c1cccc(-n2cc(CCOCCNC(=O)CCCC[C@@H]3SC[C@@H]4NC(=O)N[C@@H]43)nn2)c1)C(=O)COc1c(F)cccc1F. The molecule has 14 nitrogen and oxygen atoms in total. The van der Waals surface area contributed by atoms with E-state index in [1.54, 1.807) is 30.5 Å². The van der Waals surface area contributed by atoms with E-state index in [2.05, 4.69) is 31.6 Å². The number of urea groups is 1. The highest BCUT2D eigenvalue weighted by atomic mass is 32.2. The molecule has 53 heavy (non-hydrogen) atoms. The van der Waals surface area contributed by atoms with Gasteiger partial charge in [-0.25, -0.2) is 18.3 Å². The Kier molecular flexibility index (Phi) is 14.9. The third kappa shape index (κ3) is 11.7. The van der Waals surface area contributed by atoms with Crippen molar-refractivity contribution in [3.05, 3.63) is 71.6 Å². The van der Waals surface area contributed by atoms with Crippen LogP contribution in [0.2, 0.25) is 0 Å². The van der Waals surface area contributed by atoms with E-state index in [4.69, 9.17) is 15.2 Å². The zero-order valence-corrected chi connectivity index (χ0v) is 30.2. The van der Waals surface area contributed by atoms with Crippen LogP contribution in [-0.2, 0) is 20.7 Å². The maximum Gasteiger partial charge on any atom is 0.315 e. The number of hydrogen-bond acceptors (Lipinski definition) is 10. The second-order valence-corrected chi connectivity index (χ2v) is 14.2. The normalized spacial score (nSPS) is 18.2. The molecular weight excluding hydrogens is 711 g/mol. The monoisotopic (exact) mass is 756 g/mol. The summed E-state index contributed by atoms with van der Waals surface area (Å²) in [6.45, 7) is 0.901. The lowest BCUT2D eigenvalue weighted by atomic mass is 10.0. The predicted octanol–water partition coefficient (Wildman–Crippen LogP) is 2.82. The van der Waals surface area contributed by atoms with Gasteiger partial charge in [-0.2, -0.15) is 11.8 Å². The van der Waals surface area contributed by atoms with Crippen molar-refractivity contribution in [1.82, 2.24) is 36.3 Å². The molecule has 286 valence electrons. The third-order valence-electron chi connectivity index (χ3n) is 8.98. The van der Waals surface area contributed by atoms with Gasteiger partial charge in [0.25, 0.3) is 5.91 Å². The maximum atomic E-state index is 14.0. The number of nitrogens with two attached hydrogens (primary N) is 1. The van der Waals surface area contributed by atoms with Gasteiger partial charge in [0.05, 0.1) is 48.9 Å². The second-order valence-electron chi connectivity index (χ2n) is 12.9. The summed E-state index contributed by atoms with van der Waals surface area (Å²) in [5, 5.41) is 20.3. The van der Waals surface area contributed by atoms with Crippen molar-refractivity contribution in [3.63, 3.8) is 0 Å². The number of nitrogens with zero attached hydrogens (tertiary/aromatic N) is 3. The molecule has 4 atom stereocenters. The van der Waals surface area contributed by atoms with Crippen LogP contribution in [0.3, 0.4) is 0 Å². The number of carbonyl (C=O) groups excluding carboxylic acids is 4. The van der Waals surface area contributed by atoms with Crippen LogP contribution >= 0.6 is 11.8 Å². The summed E-state index contributed by atoms with van der Waals surface area (Å²) < 4.78 is 40.3. The lowest BCUT2D eigenvalue weighted by molar-refractivity contribution is -0.123.